The molecule has 0 spiro atoms. The number of methoxy groups -OCH3 is 1. The molecule has 0 amide bonds. The van der Waals surface area contributed by atoms with Crippen LogP contribution in [0, 0.1) is 11.8 Å². The molecule has 1 saturated heterocycles. The highest BCUT2D eigenvalue weighted by Crippen LogP contribution is 2.20. The van der Waals surface area contributed by atoms with E-state index in [4.69, 9.17) is 14.6 Å². The third-order valence-corrected chi connectivity index (χ3v) is 4.29. The standard InChI is InChI=1S/C16H22N6O2.C2HF3O2/c1-3-4-7-21-14-13(12-18-22(15(14)23)10-11-24-2)19-16(21)20-8-5-17-6-9-20;3-2(4,5)1(6)7/h12,17H,5-11H2,1-2H3;(H,6,7). The van der Waals surface area contributed by atoms with Gasteiger partial charge in [-0.1, -0.05) is 5.92 Å². The van der Waals surface area contributed by atoms with Gasteiger partial charge >= 0.3 is 12.1 Å². The molecule has 0 atom stereocenters. The van der Waals surface area contributed by atoms with Gasteiger partial charge in [0.15, 0.2) is 0 Å². The molecule has 1 fully saturated rings. The fourth-order valence-electron chi connectivity index (χ4n) is 2.82. The Labute approximate surface area is 175 Å². The van der Waals surface area contributed by atoms with Crippen LogP contribution < -0.4 is 15.8 Å². The highest BCUT2D eigenvalue weighted by molar-refractivity contribution is 5.77. The van der Waals surface area contributed by atoms with Crippen molar-refractivity contribution in [1.29, 1.82) is 0 Å². The number of imidazole rings is 1. The Morgan fingerprint density at radius 3 is 2.55 bits per heavy atom. The minimum Gasteiger partial charge on any atom is -0.475 e. The number of aromatic nitrogens is 4. The monoisotopic (exact) mass is 444 g/mol. The Morgan fingerprint density at radius 1 is 1.35 bits per heavy atom. The predicted octanol–water partition coefficient (Wildman–Crippen LogP) is 0.306. The molecule has 0 bridgehead atoms. The second-order valence-corrected chi connectivity index (χ2v) is 6.36. The van der Waals surface area contributed by atoms with E-state index in [1.165, 1.54) is 4.68 Å². The van der Waals surface area contributed by atoms with Crippen molar-refractivity contribution < 1.29 is 27.8 Å². The lowest BCUT2D eigenvalue weighted by Crippen LogP contribution is -2.44. The van der Waals surface area contributed by atoms with E-state index in [0.717, 1.165) is 32.1 Å². The number of carbonyl (C=O) groups is 1. The number of halogens is 3. The van der Waals surface area contributed by atoms with Crippen LogP contribution in [0.2, 0.25) is 0 Å². The molecule has 3 rings (SSSR count). The summed E-state index contributed by atoms with van der Waals surface area (Å²) in [6.07, 6.45) is -3.44. The summed E-state index contributed by atoms with van der Waals surface area (Å²) < 4.78 is 40.1. The molecule has 170 valence electrons. The molecule has 1 aliphatic rings. The summed E-state index contributed by atoms with van der Waals surface area (Å²) in [5.74, 6) is 3.98. The number of nitrogens with one attached hydrogen (secondary N) is 1. The van der Waals surface area contributed by atoms with Crippen LogP contribution in [-0.2, 0) is 22.6 Å². The molecule has 0 aromatic carbocycles. The van der Waals surface area contributed by atoms with Crippen molar-refractivity contribution in [2.45, 2.75) is 26.2 Å². The van der Waals surface area contributed by atoms with Crippen LogP contribution in [-0.4, -0.2) is 76.5 Å². The molecule has 0 radical (unpaired) electrons. The SMILES string of the molecule is CC#CCn1c(N2CCNCC2)nc2cnn(CCOC)c(=O)c21.O=C(O)C(F)(F)F. The first-order chi connectivity index (χ1) is 14.7. The van der Waals surface area contributed by atoms with Gasteiger partial charge in [0.05, 0.1) is 25.9 Å². The van der Waals surface area contributed by atoms with Crippen LogP contribution in [0.25, 0.3) is 11.0 Å². The maximum atomic E-state index is 12.8. The lowest BCUT2D eigenvalue weighted by atomic mass is 10.4. The number of hydrogen-bond acceptors (Lipinski definition) is 7. The molecule has 0 unspecified atom stereocenters. The fourth-order valence-corrected chi connectivity index (χ4v) is 2.82. The molecule has 31 heavy (non-hydrogen) atoms. The molecular formula is C18H23F3N6O4. The number of rotatable bonds is 5. The van der Waals surface area contributed by atoms with E-state index in [1.54, 1.807) is 20.2 Å². The van der Waals surface area contributed by atoms with Gasteiger partial charge in [-0.2, -0.15) is 18.3 Å². The third-order valence-electron chi connectivity index (χ3n) is 4.29. The highest BCUT2D eigenvalue weighted by atomic mass is 19.4. The average molecular weight is 444 g/mol. The zero-order valence-electron chi connectivity index (χ0n) is 17.1. The van der Waals surface area contributed by atoms with Gasteiger partial charge in [-0.3, -0.25) is 9.36 Å². The second-order valence-electron chi connectivity index (χ2n) is 6.36. The van der Waals surface area contributed by atoms with Gasteiger partial charge in [0.1, 0.15) is 11.0 Å². The number of alkyl halides is 3. The number of piperazine rings is 1. The Hall–Kier alpha value is -3.11. The van der Waals surface area contributed by atoms with Crippen LogP contribution in [0.4, 0.5) is 19.1 Å². The zero-order chi connectivity index (χ0) is 23.0. The fraction of sp³-hybridized carbons (Fsp3) is 0.556. The Bertz CT molecular complexity index is 1020. The molecule has 2 aromatic heterocycles. The number of carboxylic acid groups (broad SMARTS) is 1. The molecule has 3 heterocycles. The van der Waals surface area contributed by atoms with Gasteiger partial charge < -0.3 is 20.1 Å². The summed E-state index contributed by atoms with van der Waals surface area (Å²) >= 11 is 0. The quantitative estimate of drug-likeness (QED) is 0.634. The molecule has 1 aliphatic heterocycles. The topological polar surface area (TPSA) is 115 Å². The minimum atomic E-state index is -5.08. The second kappa shape index (κ2) is 10.8. The van der Waals surface area contributed by atoms with Crippen LogP contribution in [0.5, 0.6) is 0 Å². The van der Waals surface area contributed by atoms with Crippen LogP contribution in [0.1, 0.15) is 6.92 Å². The number of aliphatic carboxylic acids is 1. The van der Waals surface area contributed by atoms with Crippen molar-refractivity contribution >= 4 is 23.0 Å². The third kappa shape index (κ3) is 6.19. The van der Waals surface area contributed by atoms with Crippen molar-refractivity contribution in [1.82, 2.24) is 24.6 Å². The largest absolute Gasteiger partial charge is 0.490 e. The van der Waals surface area contributed by atoms with Gasteiger partial charge in [0.25, 0.3) is 5.56 Å². The van der Waals surface area contributed by atoms with E-state index < -0.39 is 12.1 Å². The molecule has 2 N–H and O–H groups in total. The summed E-state index contributed by atoms with van der Waals surface area (Å²) in [6, 6.07) is 0. The van der Waals surface area contributed by atoms with Crippen molar-refractivity contribution in [3.63, 3.8) is 0 Å². The van der Waals surface area contributed by atoms with Crippen molar-refractivity contribution in [3.8, 4) is 11.8 Å². The Balaban J connectivity index is 0.000000423. The molecule has 0 saturated carbocycles. The first-order valence-electron chi connectivity index (χ1n) is 9.31. The number of nitrogens with zero attached hydrogens (tertiary/aromatic N) is 5. The minimum absolute atomic E-state index is 0.156. The summed E-state index contributed by atoms with van der Waals surface area (Å²) in [5.41, 5.74) is 1.01. The first-order valence-corrected chi connectivity index (χ1v) is 9.31. The van der Waals surface area contributed by atoms with E-state index in [1.807, 2.05) is 4.57 Å². The molecule has 13 heteroatoms. The zero-order valence-corrected chi connectivity index (χ0v) is 17.1. The number of fused-ring (bicyclic) bond motifs is 1. The lowest BCUT2D eigenvalue weighted by Gasteiger charge is -2.28. The van der Waals surface area contributed by atoms with Gasteiger partial charge in [-0.25, -0.2) is 14.5 Å². The number of hydrogen-bond donors (Lipinski definition) is 2. The van der Waals surface area contributed by atoms with E-state index in [9.17, 15) is 18.0 Å². The number of anilines is 1. The summed E-state index contributed by atoms with van der Waals surface area (Å²) in [7, 11) is 1.60. The van der Waals surface area contributed by atoms with Gasteiger partial charge in [0, 0.05) is 33.3 Å². The van der Waals surface area contributed by atoms with E-state index in [-0.39, 0.29) is 5.56 Å². The Kier molecular flexibility index (Phi) is 8.40. The maximum Gasteiger partial charge on any atom is 0.490 e. The predicted molar refractivity (Wildman–Crippen MR) is 106 cm³/mol. The molecular weight excluding hydrogens is 421 g/mol. The van der Waals surface area contributed by atoms with Crippen molar-refractivity contribution in [3.05, 3.63) is 16.6 Å². The van der Waals surface area contributed by atoms with Gasteiger partial charge in [-0.05, 0) is 6.92 Å². The lowest BCUT2D eigenvalue weighted by molar-refractivity contribution is -0.192. The van der Waals surface area contributed by atoms with Gasteiger partial charge in [-0.15, -0.1) is 5.92 Å². The molecule has 2 aromatic rings. The maximum absolute atomic E-state index is 12.8. The number of carboxylic acids is 1. The van der Waals surface area contributed by atoms with Crippen molar-refractivity contribution in [2.75, 3.05) is 44.8 Å². The molecule has 0 aliphatic carbocycles. The van der Waals surface area contributed by atoms with E-state index in [2.05, 4.69) is 32.1 Å². The Morgan fingerprint density at radius 2 is 2.00 bits per heavy atom. The summed E-state index contributed by atoms with van der Waals surface area (Å²) in [5, 5.41) is 14.7. The highest BCUT2D eigenvalue weighted by Gasteiger charge is 2.38. The van der Waals surface area contributed by atoms with E-state index >= 15 is 0 Å². The van der Waals surface area contributed by atoms with Crippen LogP contribution in [0.15, 0.2) is 11.0 Å². The summed E-state index contributed by atoms with van der Waals surface area (Å²) in [4.78, 5) is 28.6. The van der Waals surface area contributed by atoms with Gasteiger partial charge in [0.2, 0.25) is 5.95 Å². The van der Waals surface area contributed by atoms with E-state index in [0.29, 0.717) is 30.7 Å². The molecule has 10 nitrogen and oxygen atoms in total. The smallest absolute Gasteiger partial charge is 0.475 e. The summed E-state index contributed by atoms with van der Waals surface area (Å²) in [6.45, 7) is 6.60. The van der Waals surface area contributed by atoms with Crippen molar-refractivity contribution in [2.24, 2.45) is 0 Å². The normalized spacial score (nSPS) is 13.9. The number of ether oxygens (including phenoxy) is 1. The average Bonchev–Trinajstić information content (AvgIpc) is 3.11. The van der Waals surface area contributed by atoms with Crippen LogP contribution in [0.3, 0.4) is 0 Å². The first kappa shape index (κ1) is 24.2. The van der Waals surface area contributed by atoms with Crippen LogP contribution >= 0.6 is 0 Å².